The molecule has 2 heteroatoms. The van der Waals surface area contributed by atoms with Crippen LogP contribution < -0.4 is 0 Å². The number of benzene rings is 2. The van der Waals surface area contributed by atoms with Gasteiger partial charge in [-0.1, -0.05) is 31.0 Å². The minimum Gasteiger partial charge on any atom is -0.464 e. The zero-order chi connectivity index (χ0) is 16.8. The molecule has 1 aliphatic carbocycles. The van der Waals surface area contributed by atoms with Crippen molar-refractivity contribution < 1.29 is 4.42 Å². The molecule has 0 bridgehead atoms. The third-order valence-electron chi connectivity index (χ3n) is 5.57. The standard InChI is InChI=1S/C23H21NO/c1-15-12-19-9-11-25-23(19)21(13-15)22-20-7-6-17(16-4-2-3-5-16)14-18(20)8-10-24-22/h6-14,16H,2-5H2,1H3. The molecule has 0 saturated heterocycles. The molecule has 0 unspecified atom stereocenters. The lowest BCUT2D eigenvalue weighted by Crippen LogP contribution is -1.93. The average Bonchev–Trinajstić information content (AvgIpc) is 3.31. The highest BCUT2D eigenvalue weighted by Gasteiger charge is 2.18. The van der Waals surface area contributed by atoms with Crippen LogP contribution in [0.4, 0.5) is 0 Å². The van der Waals surface area contributed by atoms with Gasteiger partial charge in [-0.05, 0) is 66.5 Å². The van der Waals surface area contributed by atoms with Crippen molar-refractivity contribution in [3.05, 3.63) is 66.1 Å². The zero-order valence-corrected chi connectivity index (χ0v) is 14.5. The highest BCUT2D eigenvalue weighted by molar-refractivity contribution is 6.02. The maximum Gasteiger partial charge on any atom is 0.143 e. The lowest BCUT2D eigenvalue weighted by molar-refractivity contribution is 0.616. The summed E-state index contributed by atoms with van der Waals surface area (Å²) in [5, 5.41) is 3.61. The molecule has 2 aromatic heterocycles. The fourth-order valence-electron chi connectivity index (χ4n) is 4.33. The molecule has 5 rings (SSSR count). The molecule has 2 heterocycles. The van der Waals surface area contributed by atoms with Gasteiger partial charge in [0.25, 0.3) is 0 Å². The summed E-state index contributed by atoms with van der Waals surface area (Å²) in [5.74, 6) is 0.733. The Labute approximate surface area is 147 Å². The van der Waals surface area contributed by atoms with Crippen LogP contribution in [0.1, 0.15) is 42.7 Å². The van der Waals surface area contributed by atoms with E-state index in [0.29, 0.717) is 0 Å². The fraction of sp³-hybridized carbons (Fsp3) is 0.261. The Morgan fingerprint density at radius 2 is 1.84 bits per heavy atom. The number of nitrogens with zero attached hydrogens (tertiary/aromatic N) is 1. The Morgan fingerprint density at radius 1 is 0.960 bits per heavy atom. The first kappa shape index (κ1) is 14.7. The van der Waals surface area contributed by atoms with E-state index in [4.69, 9.17) is 9.40 Å². The van der Waals surface area contributed by atoms with Gasteiger partial charge in [-0.25, -0.2) is 0 Å². The number of aryl methyl sites for hydroxylation is 1. The van der Waals surface area contributed by atoms with Crippen molar-refractivity contribution in [2.45, 2.75) is 38.5 Å². The maximum atomic E-state index is 5.77. The van der Waals surface area contributed by atoms with E-state index < -0.39 is 0 Å². The van der Waals surface area contributed by atoms with Crippen molar-refractivity contribution >= 4 is 21.7 Å². The molecule has 2 aromatic carbocycles. The molecule has 1 aliphatic rings. The van der Waals surface area contributed by atoms with E-state index in [0.717, 1.165) is 28.1 Å². The van der Waals surface area contributed by atoms with Gasteiger partial charge in [0.2, 0.25) is 0 Å². The molecule has 2 nitrogen and oxygen atoms in total. The van der Waals surface area contributed by atoms with Crippen LogP contribution in [0.15, 0.2) is 59.3 Å². The molecule has 0 spiro atoms. The van der Waals surface area contributed by atoms with Crippen molar-refractivity contribution in [2.75, 3.05) is 0 Å². The molecule has 25 heavy (non-hydrogen) atoms. The summed E-state index contributed by atoms with van der Waals surface area (Å²) < 4.78 is 5.77. The van der Waals surface area contributed by atoms with Crippen LogP contribution in [-0.4, -0.2) is 4.98 Å². The second-order valence-electron chi connectivity index (χ2n) is 7.27. The SMILES string of the molecule is Cc1cc(-c2nccc3cc(C4CCCC4)ccc23)c2occc2c1. The van der Waals surface area contributed by atoms with E-state index in [1.165, 1.54) is 47.6 Å². The molecule has 0 atom stereocenters. The Morgan fingerprint density at radius 3 is 2.72 bits per heavy atom. The lowest BCUT2D eigenvalue weighted by atomic mass is 9.93. The van der Waals surface area contributed by atoms with Gasteiger partial charge < -0.3 is 4.42 Å². The second kappa shape index (κ2) is 5.73. The molecule has 0 amide bonds. The van der Waals surface area contributed by atoms with Gasteiger partial charge in [-0.3, -0.25) is 4.98 Å². The monoisotopic (exact) mass is 327 g/mol. The molecule has 124 valence electrons. The summed E-state index contributed by atoms with van der Waals surface area (Å²) in [6, 6.07) is 15.4. The highest BCUT2D eigenvalue weighted by atomic mass is 16.3. The normalized spacial score (nSPS) is 15.4. The summed E-state index contributed by atoms with van der Waals surface area (Å²) >= 11 is 0. The van der Waals surface area contributed by atoms with Gasteiger partial charge in [0.15, 0.2) is 0 Å². The predicted molar refractivity (Wildman–Crippen MR) is 103 cm³/mol. The first-order valence-electron chi connectivity index (χ1n) is 9.16. The number of pyridine rings is 1. The zero-order valence-electron chi connectivity index (χ0n) is 14.5. The Balaban J connectivity index is 1.72. The van der Waals surface area contributed by atoms with Gasteiger partial charge in [0.05, 0.1) is 12.0 Å². The van der Waals surface area contributed by atoms with Gasteiger partial charge in [0.1, 0.15) is 5.58 Å². The van der Waals surface area contributed by atoms with E-state index in [-0.39, 0.29) is 0 Å². The Bertz CT molecular complexity index is 1070. The van der Waals surface area contributed by atoms with Crippen LogP contribution in [0.2, 0.25) is 0 Å². The minimum absolute atomic E-state index is 0.733. The number of aromatic nitrogens is 1. The minimum atomic E-state index is 0.733. The summed E-state index contributed by atoms with van der Waals surface area (Å²) in [7, 11) is 0. The van der Waals surface area contributed by atoms with Crippen molar-refractivity contribution in [3.63, 3.8) is 0 Å². The van der Waals surface area contributed by atoms with Crippen LogP contribution in [0.25, 0.3) is 33.0 Å². The average molecular weight is 327 g/mol. The first-order valence-corrected chi connectivity index (χ1v) is 9.16. The van der Waals surface area contributed by atoms with Gasteiger partial charge in [0, 0.05) is 22.5 Å². The maximum absolute atomic E-state index is 5.77. The number of hydrogen-bond acceptors (Lipinski definition) is 2. The largest absolute Gasteiger partial charge is 0.464 e. The Kier molecular flexibility index (Phi) is 3.37. The lowest BCUT2D eigenvalue weighted by Gasteiger charge is -2.12. The molecular weight excluding hydrogens is 306 g/mol. The van der Waals surface area contributed by atoms with Gasteiger partial charge >= 0.3 is 0 Å². The molecule has 1 saturated carbocycles. The van der Waals surface area contributed by atoms with E-state index in [1.54, 1.807) is 6.26 Å². The van der Waals surface area contributed by atoms with Crippen LogP contribution in [0.3, 0.4) is 0 Å². The summed E-state index contributed by atoms with van der Waals surface area (Å²) in [6.45, 7) is 2.12. The molecular formula is C23H21NO. The van der Waals surface area contributed by atoms with E-state index in [9.17, 15) is 0 Å². The van der Waals surface area contributed by atoms with Gasteiger partial charge in [-0.15, -0.1) is 0 Å². The number of furan rings is 1. The second-order valence-corrected chi connectivity index (χ2v) is 7.27. The summed E-state index contributed by atoms with van der Waals surface area (Å²) in [4.78, 5) is 4.72. The van der Waals surface area contributed by atoms with Crippen molar-refractivity contribution in [1.82, 2.24) is 4.98 Å². The first-order chi connectivity index (χ1) is 12.3. The quantitative estimate of drug-likeness (QED) is 0.414. The predicted octanol–water partition coefficient (Wildman–Crippen LogP) is 6.61. The number of hydrogen-bond donors (Lipinski definition) is 0. The van der Waals surface area contributed by atoms with Crippen LogP contribution in [-0.2, 0) is 0 Å². The topological polar surface area (TPSA) is 26.0 Å². The van der Waals surface area contributed by atoms with E-state index in [1.807, 2.05) is 12.3 Å². The third kappa shape index (κ3) is 2.44. The van der Waals surface area contributed by atoms with E-state index in [2.05, 4.69) is 43.3 Å². The van der Waals surface area contributed by atoms with Crippen LogP contribution in [0, 0.1) is 6.92 Å². The third-order valence-corrected chi connectivity index (χ3v) is 5.57. The molecule has 4 aromatic rings. The number of rotatable bonds is 2. The molecule has 0 radical (unpaired) electrons. The van der Waals surface area contributed by atoms with Crippen LogP contribution in [0.5, 0.6) is 0 Å². The van der Waals surface area contributed by atoms with Crippen LogP contribution >= 0.6 is 0 Å². The Hall–Kier alpha value is -2.61. The highest BCUT2D eigenvalue weighted by Crippen LogP contribution is 2.38. The fourth-order valence-corrected chi connectivity index (χ4v) is 4.33. The summed E-state index contributed by atoms with van der Waals surface area (Å²) in [5.41, 5.74) is 5.73. The van der Waals surface area contributed by atoms with E-state index >= 15 is 0 Å². The van der Waals surface area contributed by atoms with Crippen molar-refractivity contribution in [3.8, 4) is 11.3 Å². The molecule has 0 aliphatic heterocycles. The molecule has 1 fully saturated rings. The van der Waals surface area contributed by atoms with Crippen molar-refractivity contribution in [2.24, 2.45) is 0 Å². The van der Waals surface area contributed by atoms with Gasteiger partial charge in [-0.2, -0.15) is 0 Å². The number of fused-ring (bicyclic) bond motifs is 2. The smallest absolute Gasteiger partial charge is 0.143 e. The summed E-state index contributed by atoms with van der Waals surface area (Å²) in [6.07, 6.45) is 9.07. The molecule has 0 N–H and O–H groups in total. The van der Waals surface area contributed by atoms with Crippen molar-refractivity contribution in [1.29, 1.82) is 0 Å².